The monoisotopic (exact) mass is 289 g/mol. The van der Waals surface area contributed by atoms with Crippen LogP contribution in [0.2, 0.25) is 0 Å². The van der Waals surface area contributed by atoms with Crippen molar-refractivity contribution in [1.82, 2.24) is 4.98 Å². The second-order valence-electron chi connectivity index (χ2n) is 7.93. The SMILES string of the molecule is CC(C)C1(C(C)(C)C)CCC(OCc2ccncc2)CC1. The fourth-order valence-corrected chi connectivity index (χ4v) is 4.16. The van der Waals surface area contributed by atoms with Crippen LogP contribution in [0.3, 0.4) is 0 Å². The van der Waals surface area contributed by atoms with Gasteiger partial charge in [-0.15, -0.1) is 0 Å². The van der Waals surface area contributed by atoms with Crippen LogP contribution in [0.15, 0.2) is 24.5 Å². The number of hydrogen-bond donors (Lipinski definition) is 0. The molecular formula is C19H31NO. The van der Waals surface area contributed by atoms with E-state index in [2.05, 4.69) is 39.6 Å². The first-order valence-electron chi connectivity index (χ1n) is 8.36. The van der Waals surface area contributed by atoms with Gasteiger partial charge in [0.25, 0.3) is 0 Å². The quantitative estimate of drug-likeness (QED) is 0.757. The third-order valence-electron chi connectivity index (χ3n) is 5.66. The molecule has 21 heavy (non-hydrogen) atoms. The van der Waals surface area contributed by atoms with Crippen molar-refractivity contribution in [2.45, 2.75) is 73.0 Å². The Bertz CT molecular complexity index is 425. The van der Waals surface area contributed by atoms with Gasteiger partial charge in [-0.3, -0.25) is 4.98 Å². The molecule has 0 saturated heterocycles. The molecule has 0 bridgehead atoms. The lowest BCUT2D eigenvalue weighted by molar-refractivity contribution is -0.0699. The first kappa shape index (κ1) is 16.5. The molecular weight excluding hydrogens is 258 g/mol. The second kappa shape index (κ2) is 6.48. The molecule has 0 aliphatic heterocycles. The molecule has 1 aliphatic carbocycles. The van der Waals surface area contributed by atoms with Crippen molar-refractivity contribution >= 4 is 0 Å². The van der Waals surface area contributed by atoms with Crippen molar-refractivity contribution in [3.05, 3.63) is 30.1 Å². The maximum atomic E-state index is 6.13. The first-order valence-corrected chi connectivity index (χ1v) is 8.36. The van der Waals surface area contributed by atoms with Gasteiger partial charge >= 0.3 is 0 Å². The molecule has 1 aromatic heterocycles. The molecule has 0 amide bonds. The fraction of sp³-hybridized carbons (Fsp3) is 0.737. The number of rotatable bonds is 4. The van der Waals surface area contributed by atoms with Gasteiger partial charge in [-0.2, -0.15) is 0 Å². The average Bonchev–Trinajstić information content (AvgIpc) is 2.45. The van der Waals surface area contributed by atoms with Gasteiger partial charge in [-0.1, -0.05) is 34.6 Å². The molecule has 0 spiro atoms. The Balaban J connectivity index is 1.90. The minimum atomic E-state index is 0.372. The topological polar surface area (TPSA) is 22.1 Å². The molecule has 1 aromatic rings. The van der Waals surface area contributed by atoms with Gasteiger partial charge in [0.2, 0.25) is 0 Å². The van der Waals surface area contributed by atoms with E-state index in [0.29, 0.717) is 16.9 Å². The van der Waals surface area contributed by atoms with E-state index in [9.17, 15) is 0 Å². The van der Waals surface area contributed by atoms with Gasteiger partial charge in [0.15, 0.2) is 0 Å². The van der Waals surface area contributed by atoms with E-state index in [1.54, 1.807) is 0 Å². The van der Waals surface area contributed by atoms with Crippen molar-refractivity contribution in [3.8, 4) is 0 Å². The predicted molar refractivity (Wildman–Crippen MR) is 88.0 cm³/mol. The molecule has 0 atom stereocenters. The summed E-state index contributed by atoms with van der Waals surface area (Å²) >= 11 is 0. The summed E-state index contributed by atoms with van der Waals surface area (Å²) in [5.41, 5.74) is 2.06. The van der Waals surface area contributed by atoms with Gasteiger partial charge in [0, 0.05) is 12.4 Å². The van der Waals surface area contributed by atoms with Crippen LogP contribution in [-0.2, 0) is 11.3 Å². The van der Waals surface area contributed by atoms with Gasteiger partial charge < -0.3 is 4.74 Å². The molecule has 118 valence electrons. The van der Waals surface area contributed by atoms with E-state index < -0.39 is 0 Å². The predicted octanol–water partition coefficient (Wildman–Crippen LogP) is 5.23. The smallest absolute Gasteiger partial charge is 0.0721 e. The molecule has 1 saturated carbocycles. The van der Waals surface area contributed by atoms with Crippen LogP contribution in [-0.4, -0.2) is 11.1 Å². The molecule has 1 fully saturated rings. The van der Waals surface area contributed by atoms with Crippen LogP contribution in [0.4, 0.5) is 0 Å². The highest BCUT2D eigenvalue weighted by molar-refractivity contribution is 5.08. The third-order valence-corrected chi connectivity index (χ3v) is 5.66. The third kappa shape index (κ3) is 3.66. The highest BCUT2D eigenvalue weighted by Gasteiger charge is 2.46. The Hall–Kier alpha value is -0.890. The highest BCUT2D eigenvalue weighted by Crippen LogP contribution is 2.54. The fourth-order valence-electron chi connectivity index (χ4n) is 4.16. The van der Waals surface area contributed by atoms with Gasteiger partial charge in [-0.05, 0) is 60.1 Å². The lowest BCUT2D eigenvalue weighted by Gasteiger charge is -2.52. The standard InChI is InChI=1S/C19H31NO/c1-15(2)19(18(3,4)5)10-6-17(7-11-19)21-14-16-8-12-20-13-9-16/h8-9,12-13,15,17H,6-7,10-11,14H2,1-5H3. The first-order chi connectivity index (χ1) is 9.85. The molecule has 1 aliphatic rings. The van der Waals surface area contributed by atoms with Crippen molar-refractivity contribution in [1.29, 1.82) is 0 Å². The molecule has 2 nitrogen and oxygen atoms in total. The number of hydrogen-bond acceptors (Lipinski definition) is 2. The van der Waals surface area contributed by atoms with Crippen molar-refractivity contribution in [2.24, 2.45) is 16.7 Å². The van der Waals surface area contributed by atoms with E-state index in [1.165, 1.54) is 31.2 Å². The Morgan fingerprint density at radius 2 is 1.76 bits per heavy atom. The molecule has 0 unspecified atom stereocenters. The van der Waals surface area contributed by atoms with Crippen molar-refractivity contribution in [3.63, 3.8) is 0 Å². The lowest BCUT2D eigenvalue weighted by atomic mass is 9.54. The Morgan fingerprint density at radius 1 is 1.19 bits per heavy atom. The zero-order valence-electron chi connectivity index (χ0n) is 14.4. The Kier molecular flexibility index (Phi) is 5.08. The van der Waals surface area contributed by atoms with E-state index in [4.69, 9.17) is 4.74 Å². The van der Waals surface area contributed by atoms with Crippen LogP contribution in [0, 0.1) is 16.7 Å². The van der Waals surface area contributed by atoms with Gasteiger partial charge in [0.05, 0.1) is 12.7 Å². The number of aromatic nitrogens is 1. The zero-order valence-corrected chi connectivity index (χ0v) is 14.4. The summed E-state index contributed by atoms with van der Waals surface area (Å²) in [5.74, 6) is 0.735. The number of ether oxygens (including phenoxy) is 1. The summed E-state index contributed by atoms with van der Waals surface area (Å²) in [6.45, 7) is 12.7. The Labute approximate surface area is 130 Å². The summed E-state index contributed by atoms with van der Waals surface area (Å²) in [5, 5.41) is 0. The molecule has 1 heterocycles. The van der Waals surface area contributed by atoms with Crippen LogP contribution < -0.4 is 0 Å². The number of nitrogens with zero attached hydrogens (tertiary/aromatic N) is 1. The van der Waals surface area contributed by atoms with Crippen LogP contribution in [0.5, 0.6) is 0 Å². The van der Waals surface area contributed by atoms with Gasteiger partial charge in [0.1, 0.15) is 0 Å². The molecule has 0 N–H and O–H groups in total. The summed E-state index contributed by atoms with van der Waals surface area (Å²) in [4.78, 5) is 4.05. The highest BCUT2D eigenvalue weighted by atomic mass is 16.5. The minimum Gasteiger partial charge on any atom is -0.374 e. The number of pyridine rings is 1. The molecule has 0 aromatic carbocycles. The largest absolute Gasteiger partial charge is 0.374 e. The molecule has 2 heteroatoms. The summed E-state index contributed by atoms with van der Waals surface area (Å²) in [6, 6.07) is 4.08. The maximum Gasteiger partial charge on any atom is 0.0721 e. The van der Waals surface area contributed by atoms with Crippen LogP contribution in [0.1, 0.15) is 65.9 Å². The maximum absolute atomic E-state index is 6.13. The average molecular weight is 289 g/mol. The minimum absolute atomic E-state index is 0.372. The van der Waals surface area contributed by atoms with E-state index in [-0.39, 0.29) is 0 Å². The lowest BCUT2D eigenvalue weighted by Crippen LogP contribution is -2.44. The van der Waals surface area contributed by atoms with Crippen LogP contribution in [0.25, 0.3) is 0 Å². The van der Waals surface area contributed by atoms with Gasteiger partial charge in [-0.25, -0.2) is 0 Å². The van der Waals surface area contributed by atoms with Crippen molar-refractivity contribution < 1.29 is 4.74 Å². The summed E-state index contributed by atoms with van der Waals surface area (Å²) < 4.78 is 6.13. The van der Waals surface area contributed by atoms with E-state index in [0.717, 1.165) is 12.5 Å². The van der Waals surface area contributed by atoms with Crippen molar-refractivity contribution in [2.75, 3.05) is 0 Å². The zero-order chi connectivity index (χ0) is 15.5. The summed E-state index contributed by atoms with van der Waals surface area (Å²) in [6.07, 6.45) is 9.06. The van der Waals surface area contributed by atoms with E-state index in [1.807, 2.05) is 24.5 Å². The van der Waals surface area contributed by atoms with E-state index >= 15 is 0 Å². The second-order valence-corrected chi connectivity index (χ2v) is 7.93. The normalized spacial score (nSPS) is 27.0. The summed E-state index contributed by atoms with van der Waals surface area (Å²) in [7, 11) is 0. The molecule has 0 radical (unpaired) electrons. The Morgan fingerprint density at radius 3 is 2.24 bits per heavy atom. The van der Waals surface area contributed by atoms with Crippen LogP contribution >= 0.6 is 0 Å². The molecule has 2 rings (SSSR count).